The smallest absolute Gasteiger partial charge is 0.243 e. The molecule has 192 valence electrons. The molecule has 0 fully saturated rings. The molecule has 2 aromatic rings. The van der Waals surface area contributed by atoms with Crippen molar-refractivity contribution in [2.24, 2.45) is 0 Å². The number of hydrogen-bond acceptors (Lipinski definition) is 4. The Bertz CT molecular complexity index is 1070. The van der Waals surface area contributed by atoms with Crippen LogP contribution in [0.3, 0.4) is 0 Å². The first-order valence-electron chi connectivity index (χ1n) is 12.3. The average molecular weight is 502 g/mol. The number of nitrogens with zero attached hydrogens (tertiary/aromatic N) is 2. The minimum atomic E-state index is -3.62. The molecule has 2 rings (SSSR count). The molecule has 0 saturated carbocycles. The summed E-state index contributed by atoms with van der Waals surface area (Å²) in [6.45, 7) is 8.37. The van der Waals surface area contributed by atoms with Crippen LogP contribution >= 0.6 is 0 Å². The summed E-state index contributed by atoms with van der Waals surface area (Å²) in [5, 5.41) is 3.01. The zero-order valence-electron chi connectivity index (χ0n) is 21.5. The van der Waals surface area contributed by atoms with Crippen molar-refractivity contribution in [2.45, 2.75) is 76.9 Å². The largest absolute Gasteiger partial charge is 0.352 e. The van der Waals surface area contributed by atoms with E-state index in [-0.39, 0.29) is 35.7 Å². The highest BCUT2D eigenvalue weighted by Gasteiger charge is 2.29. The van der Waals surface area contributed by atoms with E-state index in [9.17, 15) is 18.0 Å². The number of sulfonamides is 1. The van der Waals surface area contributed by atoms with E-state index in [0.717, 1.165) is 17.5 Å². The molecule has 0 aliphatic carbocycles. The number of carbonyl (C=O) groups excluding carboxylic acids is 2. The van der Waals surface area contributed by atoms with Crippen molar-refractivity contribution in [3.05, 3.63) is 65.7 Å². The van der Waals surface area contributed by atoms with Gasteiger partial charge in [0.2, 0.25) is 21.8 Å². The molecule has 0 heterocycles. The minimum absolute atomic E-state index is 0.0174. The molecule has 2 aromatic carbocycles. The summed E-state index contributed by atoms with van der Waals surface area (Å²) in [5.74, 6) is -0.322. The quantitative estimate of drug-likeness (QED) is 0.447. The number of hydrogen-bond donors (Lipinski definition) is 1. The van der Waals surface area contributed by atoms with Crippen molar-refractivity contribution in [3.8, 4) is 0 Å². The zero-order chi connectivity index (χ0) is 26.0. The van der Waals surface area contributed by atoms with Gasteiger partial charge in [-0.1, -0.05) is 56.3 Å². The second kappa shape index (κ2) is 13.4. The van der Waals surface area contributed by atoms with Crippen molar-refractivity contribution in [2.75, 3.05) is 13.6 Å². The van der Waals surface area contributed by atoms with Crippen molar-refractivity contribution >= 4 is 21.8 Å². The third-order valence-electron chi connectivity index (χ3n) is 6.30. The van der Waals surface area contributed by atoms with E-state index in [2.05, 4.69) is 5.32 Å². The van der Waals surface area contributed by atoms with Gasteiger partial charge in [-0.2, -0.15) is 0 Å². The number of rotatable bonds is 13. The molecule has 2 atom stereocenters. The fourth-order valence-corrected chi connectivity index (χ4v) is 5.05. The molecule has 0 unspecified atom stereocenters. The Morgan fingerprint density at radius 3 is 2.20 bits per heavy atom. The molecule has 0 aliphatic heterocycles. The highest BCUT2D eigenvalue weighted by Crippen LogP contribution is 2.18. The van der Waals surface area contributed by atoms with Crippen LogP contribution in [-0.4, -0.2) is 55.1 Å². The van der Waals surface area contributed by atoms with E-state index < -0.39 is 16.1 Å². The lowest BCUT2D eigenvalue weighted by atomic mass is 10.0. The molecule has 0 saturated heterocycles. The Hall–Kier alpha value is -2.71. The van der Waals surface area contributed by atoms with E-state index >= 15 is 0 Å². The lowest BCUT2D eigenvalue weighted by molar-refractivity contribution is -0.141. The molecule has 0 aromatic heterocycles. The van der Waals surface area contributed by atoms with Gasteiger partial charge in [-0.15, -0.1) is 0 Å². The van der Waals surface area contributed by atoms with E-state index in [1.54, 1.807) is 35.2 Å². The standard InChI is InChI=1S/C27H39N3O4S/c1-6-22(4)28-27(32)25(7-2)30(20-23-15-12-11-14-21(23)3)26(31)18-13-19-29(5)35(33,34)24-16-9-8-10-17-24/h8-12,14-17,22,25H,6-7,13,18-20H2,1-5H3,(H,28,32)/t22-,25+/m0/s1. The third-order valence-corrected chi connectivity index (χ3v) is 8.18. The van der Waals surface area contributed by atoms with Crippen molar-refractivity contribution in [3.63, 3.8) is 0 Å². The fraction of sp³-hybridized carbons (Fsp3) is 0.481. The van der Waals surface area contributed by atoms with Gasteiger partial charge in [0.05, 0.1) is 4.90 Å². The van der Waals surface area contributed by atoms with Gasteiger partial charge < -0.3 is 10.2 Å². The van der Waals surface area contributed by atoms with Gasteiger partial charge in [0.25, 0.3) is 0 Å². The van der Waals surface area contributed by atoms with Crippen molar-refractivity contribution < 1.29 is 18.0 Å². The average Bonchev–Trinajstić information content (AvgIpc) is 2.85. The summed E-state index contributed by atoms with van der Waals surface area (Å²) >= 11 is 0. The Kier molecular flexibility index (Phi) is 10.9. The molecule has 0 bridgehead atoms. The number of nitrogens with one attached hydrogen (secondary N) is 1. The first kappa shape index (κ1) is 28.5. The zero-order valence-corrected chi connectivity index (χ0v) is 22.3. The van der Waals surface area contributed by atoms with Gasteiger partial charge in [0, 0.05) is 32.6 Å². The molecular formula is C27H39N3O4S. The van der Waals surface area contributed by atoms with Crippen LogP contribution in [0, 0.1) is 6.92 Å². The molecule has 8 heteroatoms. The number of benzene rings is 2. The lowest BCUT2D eigenvalue weighted by Gasteiger charge is -2.32. The van der Waals surface area contributed by atoms with Gasteiger partial charge >= 0.3 is 0 Å². The topological polar surface area (TPSA) is 86.8 Å². The molecule has 7 nitrogen and oxygen atoms in total. The summed E-state index contributed by atoms with van der Waals surface area (Å²) in [5.41, 5.74) is 2.04. The highest BCUT2D eigenvalue weighted by atomic mass is 32.2. The van der Waals surface area contributed by atoms with Crippen LogP contribution in [0.5, 0.6) is 0 Å². The molecular weight excluding hydrogens is 462 g/mol. The number of amides is 2. The van der Waals surface area contributed by atoms with Gasteiger partial charge in [0.15, 0.2) is 0 Å². The van der Waals surface area contributed by atoms with Crippen LogP contribution in [0.1, 0.15) is 57.6 Å². The predicted molar refractivity (Wildman–Crippen MR) is 139 cm³/mol. The summed E-state index contributed by atoms with van der Waals surface area (Å²) in [7, 11) is -2.10. The van der Waals surface area contributed by atoms with Crippen LogP contribution in [0.25, 0.3) is 0 Å². The Morgan fingerprint density at radius 1 is 0.971 bits per heavy atom. The first-order valence-corrected chi connectivity index (χ1v) is 13.7. The van der Waals surface area contributed by atoms with Crippen molar-refractivity contribution in [1.29, 1.82) is 0 Å². The van der Waals surface area contributed by atoms with Crippen LogP contribution in [0.4, 0.5) is 0 Å². The van der Waals surface area contributed by atoms with E-state index in [4.69, 9.17) is 0 Å². The van der Waals surface area contributed by atoms with E-state index in [1.807, 2.05) is 52.0 Å². The van der Waals surface area contributed by atoms with Crippen LogP contribution in [0.15, 0.2) is 59.5 Å². The van der Waals surface area contributed by atoms with Gasteiger partial charge in [-0.25, -0.2) is 12.7 Å². The summed E-state index contributed by atoms with van der Waals surface area (Å²) in [6, 6.07) is 15.5. The maximum Gasteiger partial charge on any atom is 0.243 e. The monoisotopic (exact) mass is 501 g/mol. The van der Waals surface area contributed by atoms with E-state index in [0.29, 0.717) is 19.4 Å². The normalized spacial score (nSPS) is 13.3. The molecule has 35 heavy (non-hydrogen) atoms. The molecule has 2 amide bonds. The predicted octanol–water partition coefficient (Wildman–Crippen LogP) is 4.12. The summed E-state index contributed by atoms with van der Waals surface area (Å²) < 4.78 is 26.8. The van der Waals surface area contributed by atoms with Crippen LogP contribution < -0.4 is 5.32 Å². The van der Waals surface area contributed by atoms with Crippen LogP contribution in [-0.2, 0) is 26.2 Å². The summed E-state index contributed by atoms with van der Waals surface area (Å²) in [4.78, 5) is 28.3. The van der Waals surface area contributed by atoms with E-state index in [1.165, 1.54) is 11.4 Å². The Morgan fingerprint density at radius 2 is 1.60 bits per heavy atom. The van der Waals surface area contributed by atoms with Crippen LogP contribution in [0.2, 0.25) is 0 Å². The highest BCUT2D eigenvalue weighted by molar-refractivity contribution is 7.89. The second-order valence-corrected chi connectivity index (χ2v) is 11.0. The second-order valence-electron chi connectivity index (χ2n) is 8.93. The lowest BCUT2D eigenvalue weighted by Crippen LogP contribution is -2.50. The number of carbonyl (C=O) groups is 2. The summed E-state index contributed by atoms with van der Waals surface area (Å²) in [6.07, 6.45) is 1.79. The fourth-order valence-electron chi connectivity index (χ4n) is 3.82. The minimum Gasteiger partial charge on any atom is -0.352 e. The Balaban J connectivity index is 2.15. The van der Waals surface area contributed by atoms with Gasteiger partial charge in [-0.3, -0.25) is 9.59 Å². The SMILES string of the molecule is CC[C@H](C(=O)N[C@@H](C)CC)N(Cc1ccccc1C)C(=O)CCCN(C)S(=O)(=O)c1ccccc1. The maximum absolute atomic E-state index is 13.4. The van der Waals surface area contributed by atoms with Gasteiger partial charge in [-0.05, 0) is 56.4 Å². The molecule has 0 aliphatic rings. The molecule has 0 spiro atoms. The third kappa shape index (κ3) is 7.90. The molecule has 0 radical (unpaired) electrons. The van der Waals surface area contributed by atoms with Gasteiger partial charge in [0.1, 0.15) is 6.04 Å². The molecule has 1 N–H and O–H groups in total. The Labute approximate surface area is 210 Å². The first-order chi connectivity index (χ1) is 16.6. The van der Waals surface area contributed by atoms with Crippen molar-refractivity contribution in [1.82, 2.24) is 14.5 Å². The maximum atomic E-state index is 13.4. The number of aryl methyl sites for hydroxylation is 1.